The number of sulfonamides is 1. The Hall–Kier alpha value is -1.77. The highest BCUT2D eigenvalue weighted by molar-refractivity contribution is 7.89. The van der Waals surface area contributed by atoms with Gasteiger partial charge in [-0.05, 0) is 40.8 Å². The van der Waals surface area contributed by atoms with Gasteiger partial charge in [0.2, 0.25) is 10.0 Å². The van der Waals surface area contributed by atoms with E-state index >= 15 is 0 Å². The summed E-state index contributed by atoms with van der Waals surface area (Å²) in [4.78, 5) is 2.30. The number of hydrogen-bond donors (Lipinski definition) is 1. The van der Waals surface area contributed by atoms with Gasteiger partial charge in [-0.15, -0.1) is 6.58 Å². The van der Waals surface area contributed by atoms with Crippen LogP contribution in [0.4, 0.5) is 0 Å². The number of nitrogens with zero attached hydrogens (tertiary/aromatic N) is 3. The summed E-state index contributed by atoms with van der Waals surface area (Å²) in [6.07, 6.45) is 2.37. The molecule has 1 aliphatic heterocycles. The molecule has 1 atom stereocenters. The Balaban J connectivity index is 1.56. The Morgan fingerprint density at radius 1 is 1.43 bits per heavy atom. The number of benzene rings is 1. The summed E-state index contributed by atoms with van der Waals surface area (Å²) in [7, 11) is -3.23. The van der Waals surface area contributed by atoms with Crippen LogP contribution in [0.5, 0.6) is 0 Å². The van der Waals surface area contributed by atoms with Gasteiger partial charge in [-0.2, -0.15) is 0 Å². The third kappa shape index (κ3) is 3.95. The Bertz CT molecular complexity index is 787. The molecule has 0 radical (unpaired) electrons. The molecule has 3 rings (SSSR count). The van der Waals surface area contributed by atoms with E-state index < -0.39 is 10.0 Å². The lowest BCUT2D eigenvalue weighted by Crippen LogP contribution is -2.32. The lowest BCUT2D eigenvalue weighted by atomic mass is 10.1. The zero-order valence-electron chi connectivity index (χ0n) is 12.8. The van der Waals surface area contributed by atoms with Gasteiger partial charge in [0.05, 0.1) is 5.75 Å². The molecule has 1 aromatic carbocycles. The summed E-state index contributed by atoms with van der Waals surface area (Å²) in [6.45, 7) is 6.50. The van der Waals surface area contributed by atoms with Crippen LogP contribution in [0.15, 0.2) is 35.5 Å². The van der Waals surface area contributed by atoms with Crippen LogP contribution >= 0.6 is 0 Å². The fraction of sp³-hybridized carbons (Fsp3) is 0.467. The van der Waals surface area contributed by atoms with Gasteiger partial charge in [0.1, 0.15) is 11.0 Å². The first-order chi connectivity index (χ1) is 11.1. The van der Waals surface area contributed by atoms with Crippen molar-refractivity contribution in [3.05, 3.63) is 36.4 Å². The number of nitrogens with one attached hydrogen (secondary N) is 1. The van der Waals surface area contributed by atoms with E-state index in [4.69, 9.17) is 4.63 Å². The molecule has 8 heteroatoms. The molecule has 1 aliphatic rings. The van der Waals surface area contributed by atoms with Gasteiger partial charge in [0.25, 0.3) is 0 Å². The molecule has 2 heterocycles. The van der Waals surface area contributed by atoms with E-state index in [2.05, 4.69) is 26.5 Å². The zero-order chi connectivity index (χ0) is 16.3. The van der Waals surface area contributed by atoms with E-state index in [1.54, 1.807) is 0 Å². The molecule has 1 saturated heterocycles. The molecular formula is C15H20N4O3S. The zero-order valence-corrected chi connectivity index (χ0v) is 13.6. The first kappa shape index (κ1) is 16.1. The van der Waals surface area contributed by atoms with Crippen LogP contribution in [0.25, 0.3) is 11.0 Å². The summed E-state index contributed by atoms with van der Waals surface area (Å²) in [6, 6.07) is 5.84. The monoisotopic (exact) mass is 336 g/mol. The first-order valence-electron chi connectivity index (χ1n) is 7.58. The number of likely N-dealkylation sites (tertiary alicyclic amines) is 1. The van der Waals surface area contributed by atoms with Crippen LogP contribution in [0.2, 0.25) is 0 Å². The minimum Gasteiger partial charge on any atom is -0.299 e. The van der Waals surface area contributed by atoms with E-state index in [-0.39, 0.29) is 5.75 Å². The van der Waals surface area contributed by atoms with Crippen molar-refractivity contribution in [2.75, 3.05) is 25.4 Å². The van der Waals surface area contributed by atoms with Gasteiger partial charge in [-0.1, -0.05) is 18.2 Å². The Morgan fingerprint density at radius 3 is 3.13 bits per heavy atom. The molecule has 1 fully saturated rings. The van der Waals surface area contributed by atoms with Crippen LogP contribution in [-0.2, 0) is 16.6 Å². The van der Waals surface area contributed by atoms with Crippen molar-refractivity contribution >= 4 is 21.1 Å². The lowest BCUT2D eigenvalue weighted by Gasteiger charge is -2.16. The molecular weight excluding hydrogens is 316 g/mol. The highest BCUT2D eigenvalue weighted by Gasteiger charge is 2.24. The Labute approximate surface area is 135 Å². The van der Waals surface area contributed by atoms with Crippen molar-refractivity contribution in [3.8, 4) is 0 Å². The number of fused-ring (bicyclic) bond motifs is 1. The lowest BCUT2D eigenvalue weighted by molar-refractivity contribution is 0.309. The molecule has 1 aromatic heterocycles. The minimum absolute atomic E-state index is 0.0371. The molecule has 124 valence electrons. The molecule has 2 aromatic rings. The third-order valence-electron chi connectivity index (χ3n) is 4.06. The number of aromatic nitrogens is 2. The SMILES string of the molecule is C=CCS(=O)(=O)NCC1CCN(Cc2cccc3nonc23)C1. The predicted molar refractivity (Wildman–Crippen MR) is 87.2 cm³/mol. The van der Waals surface area contributed by atoms with Gasteiger partial charge >= 0.3 is 0 Å². The first-order valence-corrected chi connectivity index (χ1v) is 9.23. The van der Waals surface area contributed by atoms with E-state index in [0.29, 0.717) is 12.5 Å². The second-order valence-corrected chi connectivity index (χ2v) is 7.71. The largest absolute Gasteiger partial charge is 0.299 e. The van der Waals surface area contributed by atoms with Crippen LogP contribution in [0, 0.1) is 5.92 Å². The molecule has 0 bridgehead atoms. The standard InChI is InChI=1S/C15H20N4O3S/c1-2-8-23(20,21)16-9-12-6-7-19(10-12)11-13-4-3-5-14-15(13)18-22-17-14/h2-5,12,16H,1,6-11H2. The normalized spacial score (nSPS) is 19.4. The smallest absolute Gasteiger partial charge is 0.215 e. The second-order valence-electron chi connectivity index (χ2n) is 5.86. The highest BCUT2D eigenvalue weighted by atomic mass is 32.2. The summed E-state index contributed by atoms with van der Waals surface area (Å²) >= 11 is 0. The fourth-order valence-electron chi connectivity index (χ4n) is 2.91. The van der Waals surface area contributed by atoms with Gasteiger partial charge in [-0.25, -0.2) is 17.8 Å². The summed E-state index contributed by atoms with van der Waals surface area (Å²) in [5, 5.41) is 7.81. The number of rotatable bonds is 7. The topological polar surface area (TPSA) is 88.3 Å². The quantitative estimate of drug-likeness (QED) is 0.763. The summed E-state index contributed by atoms with van der Waals surface area (Å²) in [5.74, 6) is 0.286. The molecule has 0 aliphatic carbocycles. The van der Waals surface area contributed by atoms with E-state index in [9.17, 15) is 8.42 Å². The number of hydrogen-bond acceptors (Lipinski definition) is 6. The average Bonchev–Trinajstić information content (AvgIpc) is 3.14. The molecule has 7 nitrogen and oxygen atoms in total. The van der Waals surface area contributed by atoms with Crippen molar-refractivity contribution in [2.45, 2.75) is 13.0 Å². The van der Waals surface area contributed by atoms with Gasteiger partial charge < -0.3 is 0 Å². The van der Waals surface area contributed by atoms with Crippen LogP contribution in [0.3, 0.4) is 0 Å². The van der Waals surface area contributed by atoms with Crippen LogP contribution < -0.4 is 4.72 Å². The van der Waals surface area contributed by atoms with Gasteiger partial charge in [0.15, 0.2) is 0 Å². The van der Waals surface area contributed by atoms with Gasteiger partial charge in [-0.3, -0.25) is 4.90 Å². The minimum atomic E-state index is -3.23. The Kier molecular flexibility index (Phi) is 4.74. The van der Waals surface area contributed by atoms with E-state index in [1.165, 1.54) is 6.08 Å². The van der Waals surface area contributed by atoms with Crippen molar-refractivity contribution in [3.63, 3.8) is 0 Å². The molecule has 0 amide bonds. The van der Waals surface area contributed by atoms with Crippen LogP contribution in [0.1, 0.15) is 12.0 Å². The summed E-state index contributed by atoms with van der Waals surface area (Å²) in [5.41, 5.74) is 2.63. The predicted octanol–water partition coefficient (Wildman–Crippen LogP) is 1.15. The summed E-state index contributed by atoms with van der Waals surface area (Å²) < 4.78 is 30.7. The van der Waals surface area contributed by atoms with Crippen molar-refractivity contribution in [1.29, 1.82) is 0 Å². The maximum atomic E-state index is 11.7. The molecule has 1 unspecified atom stereocenters. The Morgan fingerprint density at radius 2 is 2.30 bits per heavy atom. The van der Waals surface area contributed by atoms with Crippen LogP contribution in [-0.4, -0.2) is 49.0 Å². The molecule has 1 N–H and O–H groups in total. The molecule has 0 saturated carbocycles. The third-order valence-corrected chi connectivity index (χ3v) is 5.34. The maximum Gasteiger partial charge on any atom is 0.215 e. The second kappa shape index (κ2) is 6.77. The fourth-order valence-corrected chi connectivity index (χ4v) is 3.83. The van der Waals surface area contributed by atoms with E-state index in [0.717, 1.165) is 42.7 Å². The van der Waals surface area contributed by atoms with Crippen molar-refractivity contribution in [1.82, 2.24) is 19.9 Å². The van der Waals surface area contributed by atoms with Crippen molar-refractivity contribution in [2.24, 2.45) is 5.92 Å². The van der Waals surface area contributed by atoms with Gasteiger partial charge in [0, 0.05) is 19.6 Å². The molecule has 23 heavy (non-hydrogen) atoms. The molecule has 0 spiro atoms. The van der Waals surface area contributed by atoms with E-state index in [1.807, 2.05) is 18.2 Å². The highest BCUT2D eigenvalue weighted by Crippen LogP contribution is 2.21. The average molecular weight is 336 g/mol. The van der Waals surface area contributed by atoms with Crippen molar-refractivity contribution < 1.29 is 13.0 Å². The maximum absolute atomic E-state index is 11.7.